The molecule has 0 bridgehead atoms. The third-order valence-corrected chi connectivity index (χ3v) is 5.58. The van der Waals surface area contributed by atoms with Crippen LogP contribution in [0.3, 0.4) is 0 Å². The van der Waals surface area contributed by atoms with Crippen LogP contribution in [0.2, 0.25) is 0 Å². The monoisotopic (exact) mass is 360 g/mol. The lowest BCUT2D eigenvalue weighted by molar-refractivity contribution is 0.559. The number of rotatable bonds is 7. The third kappa shape index (κ3) is 4.37. The Morgan fingerprint density at radius 2 is 2.08 bits per heavy atom. The first-order chi connectivity index (χ1) is 12.2. The van der Waals surface area contributed by atoms with Gasteiger partial charge < -0.3 is 10.6 Å². The third-order valence-electron chi connectivity index (χ3n) is 4.54. The Bertz CT molecular complexity index is 737. The lowest BCUT2D eigenvalue weighted by Gasteiger charge is -2.19. The van der Waals surface area contributed by atoms with E-state index in [9.17, 15) is 4.39 Å². The number of aromatic nitrogens is 1. The zero-order valence-electron chi connectivity index (χ0n) is 14.8. The van der Waals surface area contributed by atoms with Gasteiger partial charge in [0.15, 0.2) is 5.96 Å². The summed E-state index contributed by atoms with van der Waals surface area (Å²) in [5.41, 5.74) is 1.71. The number of benzene rings is 1. The van der Waals surface area contributed by atoms with Crippen molar-refractivity contribution in [3.63, 3.8) is 0 Å². The Balaban J connectivity index is 1.64. The number of guanidine groups is 1. The molecule has 3 rings (SSSR count). The van der Waals surface area contributed by atoms with E-state index < -0.39 is 0 Å². The van der Waals surface area contributed by atoms with Gasteiger partial charge in [-0.2, -0.15) is 0 Å². The maximum absolute atomic E-state index is 14.1. The molecule has 1 aliphatic rings. The highest BCUT2D eigenvalue weighted by molar-refractivity contribution is 7.09. The molecule has 0 aliphatic heterocycles. The minimum atomic E-state index is -0.113. The van der Waals surface area contributed by atoms with E-state index in [1.165, 1.54) is 0 Å². The van der Waals surface area contributed by atoms with Crippen molar-refractivity contribution in [2.45, 2.75) is 45.1 Å². The average Bonchev–Trinajstić information content (AvgIpc) is 3.27. The van der Waals surface area contributed by atoms with Crippen LogP contribution >= 0.6 is 11.3 Å². The van der Waals surface area contributed by atoms with Gasteiger partial charge in [0.05, 0.1) is 17.2 Å². The molecular weight excluding hydrogens is 335 g/mol. The zero-order valence-corrected chi connectivity index (χ0v) is 15.6. The number of nitrogens with one attached hydrogen (secondary N) is 2. The summed E-state index contributed by atoms with van der Waals surface area (Å²) in [6, 6.07) is 7.09. The molecular formula is C19H25FN4S. The SMILES string of the molecule is CCNC(=NCc1csc(CC)n1)NCC1(c2ccccc2F)CC1. The molecule has 1 aromatic carbocycles. The quantitative estimate of drug-likeness (QED) is 0.585. The van der Waals surface area contributed by atoms with Crippen LogP contribution < -0.4 is 10.6 Å². The van der Waals surface area contributed by atoms with Crippen LogP contribution in [0.1, 0.15) is 43.0 Å². The summed E-state index contributed by atoms with van der Waals surface area (Å²) in [5, 5.41) is 9.85. The maximum Gasteiger partial charge on any atom is 0.191 e. The molecule has 1 saturated carbocycles. The summed E-state index contributed by atoms with van der Waals surface area (Å²) >= 11 is 1.68. The van der Waals surface area contributed by atoms with E-state index in [4.69, 9.17) is 0 Å². The molecule has 25 heavy (non-hydrogen) atoms. The average molecular weight is 361 g/mol. The van der Waals surface area contributed by atoms with E-state index in [1.54, 1.807) is 23.5 Å². The Morgan fingerprint density at radius 1 is 1.28 bits per heavy atom. The van der Waals surface area contributed by atoms with Gasteiger partial charge in [0.2, 0.25) is 0 Å². The van der Waals surface area contributed by atoms with Gasteiger partial charge in [0.25, 0.3) is 0 Å². The first kappa shape index (κ1) is 17.9. The van der Waals surface area contributed by atoms with Crippen LogP contribution in [0, 0.1) is 5.82 Å². The van der Waals surface area contributed by atoms with Crippen molar-refractivity contribution >= 4 is 17.3 Å². The molecule has 1 heterocycles. The van der Waals surface area contributed by atoms with Crippen LogP contribution in [-0.4, -0.2) is 24.0 Å². The minimum Gasteiger partial charge on any atom is -0.357 e. The maximum atomic E-state index is 14.1. The first-order valence-corrected chi connectivity index (χ1v) is 9.75. The second-order valence-electron chi connectivity index (χ2n) is 6.40. The second kappa shape index (κ2) is 7.95. The number of hydrogen-bond donors (Lipinski definition) is 2. The van der Waals surface area contributed by atoms with Crippen molar-refractivity contribution in [2.75, 3.05) is 13.1 Å². The summed E-state index contributed by atoms with van der Waals surface area (Å²) in [6.07, 6.45) is 2.97. The fourth-order valence-corrected chi connectivity index (χ4v) is 3.66. The molecule has 0 spiro atoms. The molecule has 134 valence electrons. The molecule has 1 aliphatic carbocycles. The summed E-state index contributed by atoms with van der Waals surface area (Å²) in [7, 11) is 0. The van der Waals surface area contributed by atoms with Gasteiger partial charge in [-0.15, -0.1) is 11.3 Å². The summed E-state index contributed by atoms with van der Waals surface area (Å²) in [6.45, 7) is 6.18. The summed E-state index contributed by atoms with van der Waals surface area (Å²) < 4.78 is 14.1. The van der Waals surface area contributed by atoms with Crippen molar-refractivity contribution in [1.82, 2.24) is 15.6 Å². The molecule has 1 fully saturated rings. The number of aryl methyl sites for hydroxylation is 1. The van der Waals surface area contributed by atoms with Crippen molar-refractivity contribution in [2.24, 2.45) is 4.99 Å². The number of halogens is 1. The molecule has 0 amide bonds. The van der Waals surface area contributed by atoms with Crippen LogP contribution in [-0.2, 0) is 18.4 Å². The Kier molecular flexibility index (Phi) is 5.68. The highest BCUT2D eigenvalue weighted by Crippen LogP contribution is 2.48. The predicted molar refractivity (Wildman–Crippen MR) is 102 cm³/mol. The normalized spacial score (nSPS) is 15.9. The smallest absolute Gasteiger partial charge is 0.191 e. The summed E-state index contributed by atoms with van der Waals surface area (Å²) in [4.78, 5) is 9.17. The van der Waals surface area contributed by atoms with Crippen molar-refractivity contribution in [3.05, 3.63) is 51.7 Å². The minimum absolute atomic E-state index is 0.0997. The Morgan fingerprint density at radius 3 is 2.72 bits per heavy atom. The van der Waals surface area contributed by atoms with Gasteiger partial charge in [-0.1, -0.05) is 25.1 Å². The second-order valence-corrected chi connectivity index (χ2v) is 7.34. The summed E-state index contributed by atoms with van der Waals surface area (Å²) in [5.74, 6) is 0.648. The Hall–Kier alpha value is -1.95. The van der Waals surface area contributed by atoms with Crippen molar-refractivity contribution in [1.29, 1.82) is 0 Å². The van der Waals surface area contributed by atoms with Crippen LogP contribution in [0.5, 0.6) is 0 Å². The molecule has 0 atom stereocenters. The van der Waals surface area contributed by atoms with Crippen LogP contribution in [0.15, 0.2) is 34.6 Å². The fraction of sp³-hybridized carbons (Fsp3) is 0.474. The molecule has 0 radical (unpaired) electrons. The molecule has 6 heteroatoms. The number of nitrogens with zero attached hydrogens (tertiary/aromatic N) is 2. The molecule has 0 unspecified atom stereocenters. The van der Waals surface area contributed by atoms with E-state index >= 15 is 0 Å². The first-order valence-electron chi connectivity index (χ1n) is 8.87. The van der Waals surface area contributed by atoms with Gasteiger partial charge in [0, 0.05) is 23.9 Å². The van der Waals surface area contributed by atoms with Gasteiger partial charge in [-0.25, -0.2) is 14.4 Å². The van der Waals surface area contributed by atoms with Gasteiger partial charge >= 0.3 is 0 Å². The highest BCUT2D eigenvalue weighted by atomic mass is 32.1. The lowest BCUT2D eigenvalue weighted by atomic mass is 9.95. The van der Waals surface area contributed by atoms with Crippen molar-refractivity contribution < 1.29 is 4.39 Å². The zero-order chi connectivity index (χ0) is 17.7. The Labute approximate surface area is 152 Å². The fourth-order valence-electron chi connectivity index (χ4n) is 2.92. The van der Waals surface area contributed by atoms with E-state index in [-0.39, 0.29) is 11.2 Å². The van der Waals surface area contributed by atoms with Gasteiger partial charge in [-0.05, 0) is 37.8 Å². The van der Waals surface area contributed by atoms with Crippen LogP contribution in [0.25, 0.3) is 0 Å². The van der Waals surface area contributed by atoms with E-state index in [0.717, 1.165) is 48.0 Å². The van der Waals surface area contributed by atoms with Crippen LogP contribution in [0.4, 0.5) is 4.39 Å². The molecule has 0 saturated heterocycles. The van der Waals surface area contributed by atoms with Gasteiger partial charge in [-0.3, -0.25) is 0 Å². The predicted octanol–water partition coefficient (Wildman–Crippen LogP) is 3.63. The topological polar surface area (TPSA) is 49.3 Å². The highest BCUT2D eigenvalue weighted by Gasteiger charge is 2.45. The van der Waals surface area contributed by atoms with E-state index in [0.29, 0.717) is 13.1 Å². The molecule has 4 nitrogen and oxygen atoms in total. The standard InChI is InChI=1S/C19H25FN4S/c1-3-17-24-14(12-25-17)11-22-18(21-4-2)23-13-19(9-10-19)15-7-5-6-8-16(15)20/h5-8,12H,3-4,9-11,13H2,1-2H3,(H2,21,22,23). The number of hydrogen-bond acceptors (Lipinski definition) is 3. The lowest BCUT2D eigenvalue weighted by Crippen LogP contribution is -2.41. The van der Waals surface area contributed by atoms with Gasteiger partial charge in [0.1, 0.15) is 5.82 Å². The van der Waals surface area contributed by atoms with E-state index in [1.807, 2.05) is 19.1 Å². The van der Waals surface area contributed by atoms with Crippen molar-refractivity contribution in [3.8, 4) is 0 Å². The molecule has 2 aromatic rings. The molecule has 1 aromatic heterocycles. The molecule has 2 N–H and O–H groups in total. The van der Waals surface area contributed by atoms with E-state index in [2.05, 4.69) is 32.9 Å². The largest absolute Gasteiger partial charge is 0.357 e. The number of aliphatic imine (C=N–C) groups is 1. The number of thiazole rings is 1.